The van der Waals surface area contributed by atoms with Gasteiger partial charge < -0.3 is 10.4 Å². The molecule has 0 unspecified atom stereocenters. The highest BCUT2D eigenvalue weighted by Crippen LogP contribution is 2.15. The van der Waals surface area contributed by atoms with E-state index >= 15 is 0 Å². The molecule has 0 bridgehead atoms. The lowest BCUT2D eigenvalue weighted by Crippen LogP contribution is -2.50. The zero-order chi connectivity index (χ0) is 12.7. The lowest BCUT2D eigenvalue weighted by atomic mass is 9.93. The number of amides is 1. The zero-order valence-electron chi connectivity index (χ0n) is 10.5. The van der Waals surface area contributed by atoms with Crippen molar-refractivity contribution in [3.05, 3.63) is 22.4 Å². The molecule has 0 saturated heterocycles. The Morgan fingerprint density at radius 2 is 2.18 bits per heavy atom. The van der Waals surface area contributed by atoms with Crippen LogP contribution in [0.3, 0.4) is 0 Å². The Bertz CT molecular complexity index is 323. The fraction of sp³-hybridized carbons (Fsp3) is 0.615. The van der Waals surface area contributed by atoms with Crippen LogP contribution in [0.1, 0.15) is 38.0 Å². The maximum absolute atomic E-state index is 11.8. The summed E-state index contributed by atoms with van der Waals surface area (Å²) in [6, 6.07) is 4.03. The molecule has 0 atom stereocenters. The first-order chi connectivity index (χ1) is 8.15. The summed E-state index contributed by atoms with van der Waals surface area (Å²) in [6.07, 6.45) is 2.77. The van der Waals surface area contributed by atoms with E-state index in [2.05, 4.69) is 5.32 Å². The van der Waals surface area contributed by atoms with E-state index < -0.39 is 5.54 Å². The molecule has 1 heterocycles. The molecule has 3 nitrogen and oxygen atoms in total. The van der Waals surface area contributed by atoms with E-state index in [0.717, 1.165) is 19.3 Å². The Labute approximate surface area is 107 Å². The first-order valence-electron chi connectivity index (χ1n) is 6.10. The maximum atomic E-state index is 11.8. The highest BCUT2D eigenvalue weighted by atomic mass is 32.1. The van der Waals surface area contributed by atoms with Gasteiger partial charge in [-0.05, 0) is 30.7 Å². The Hall–Kier alpha value is -0.870. The standard InChI is InChI=1S/C13H21NO2S/c1-3-13(4-2,10-15)14-12(16)8-7-11-6-5-9-17-11/h5-6,9,15H,3-4,7-8,10H2,1-2H3,(H,14,16). The maximum Gasteiger partial charge on any atom is 0.220 e. The molecule has 2 N–H and O–H groups in total. The minimum absolute atomic E-state index is 0.00470. The second kappa shape index (κ2) is 6.77. The molecule has 0 aliphatic rings. The van der Waals surface area contributed by atoms with Crippen molar-refractivity contribution < 1.29 is 9.90 Å². The number of carbonyl (C=O) groups is 1. The fourth-order valence-corrected chi connectivity index (χ4v) is 2.45. The molecule has 0 fully saturated rings. The fourth-order valence-electron chi connectivity index (χ4n) is 1.74. The number of hydrogen-bond acceptors (Lipinski definition) is 3. The van der Waals surface area contributed by atoms with Crippen molar-refractivity contribution in [3.63, 3.8) is 0 Å². The number of rotatable bonds is 7. The third-order valence-corrected chi connectivity index (χ3v) is 4.18. The van der Waals surface area contributed by atoms with E-state index in [-0.39, 0.29) is 12.5 Å². The van der Waals surface area contributed by atoms with Gasteiger partial charge in [-0.2, -0.15) is 0 Å². The van der Waals surface area contributed by atoms with Crippen LogP contribution < -0.4 is 5.32 Å². The van der Waals surface area contributed by atoms with Gasteiger partial charge in [-0.15, -0.1) is 11.3 Å². The SMILES string of the molecule is CCC(CC)(CO)NC(=O)CCc1cccs1. The van der Waals surface area contributed by atoms with Gasteiger partial charge in [0, 0.05) is 11.3 Å². The van der Waals surface area contributed by atoms with Crippen LogP contribution in [0.15, 0.2) is 17.5 Å². The Morgan fingerprint density at radius 1 is 1.47 bits per heavy atom. The molecule has 0 aromatic carbocycles. The molecule has 0 radical (unpaired) electrons. The summed E-state index contributed by atoms with van der Waals surface area (Å²) in [4.78, 5) is 13.0. The third kappa shape index (κ3) is 4.13. The van der Waals surface area contributed by atoms with Crippen LogP contribution in [-0.4, -0.2) is 23.2 Å². The van der Waals surface area contributed by atoms with Gasteiger partial charge in [-0.1, -0.05) is 19.9 Å². The summed E-state index contributed by atoms with van der Waals surface area (Å²) in [5.74, 6) is 0.0242. The molecule has 0 saturated carbocycles. The molecular formula is C13H21NO2S. The van der Waals surface area contributed by atoms with Crippen molar-refractivity contribution in [1.29, 1.82) is 0 Å². The number of nitrogens with one attached hydrogen (secondary N) is 1. The molecule has 0 aliphatic carbocycles. The molecule has 1 aromatic heterocycles. The van der Waals surface area contributed by atoms with Crippen LogP contribution >= 0.6 is 11.3 Å². The molecule has 1 rings (SSSR count). The van der Waals surface area contributed by atoms with E-state index in [0.29, 0.717) is 6.42 Å². The average Bonchev–Trinajstić information content (AvgIpc) is 2.87. The van der Waals surface area contributed by atoms with Crippen LogP contribution in [0.5, 0.6) is 0 Å². The van der Waals surface area contributed by atoms with Gasteiger partial charge in [0.2, 0.25) is 5.91 Å². The topological polar surface area (TPSA) is 49.3 Å². The molecular weight excluding hydrogens is 234 g/mol. The first-order valence-corrected chi connectivity index (χ1v) is 6.98. The number of aliphatic hydroxyl groups is 1. The number of carbonyl (C=O) groups excluding carboxylic acids is 1. The van der Waals surface area contributed by atoms with Crippen LogP contribution in [0.4, 0.5) is 0 Å². The first kappa shape index (κ1) is 14.2. The summed E-state index contributed by atoms with van der Waals surface area (Å²) in [5.41, 5.74) is -0.438. The van der Waals surface area contributed by atoms with Crippen molar-refractivity contribution in [2.75, 3.05) is 6.61 Å². The number of aryl methyl sites for hydroxylation is 1. The van der Waals surface area contributed by atoms with E-state index in [4.69, 9.17) is 0 Å². The third-order valence-electron chi connectivity index (χ3n) is 3.24. The quantitative estimate of drug-likeness (QED) is 0.785. The number of hydrogen-bond donors (Lipinski definition) is 2. The lowest BCUT2D eigenvalue weighted by molar-refractivity contribution is -0.123. The molecule has 0 spiro atoms. The predicted octanol–water partition coefficient (Wildman–Crippen LogP) is 2.35. The van der Waals surface area contributed by atoms with Gasteiger partial charge in [0.05, 0.1) is 12.1 Å². The van der Waals surface area contributed by atoms with Crippen LogP contribution in [0.2, 0.25) is 0 Å². The summed E-state index contributed by atoms with van der Waals surface area (Å²) in [5, 5.41) is 14.3. The smallest absolute Gasteiger partial charge is 0.220 e. The molecule has 0 aliphatic heterocycles. The Morgan fingerprint density at radius 3 is 2.65 bits per heavy atom. The number of thiophene rings is 1. The largest absolute Gasteiger partial charge is 0.394 e. The summed E-state index contributed by atoms with van der Waals surface area (Å²) >= 11 is 1.67. The molecule has 1 amide bonds. The van der Waals surface area contributed by atoms with Gasteiger partial charge in [-0.25, -0.2) is 0 Å². The summed E-state index contributed by atoms with van der Waals surface area (Å²) in [6.45, 7) is 3.98. The Kier molecular flexibility index (Phi) is 5.65. The molecule has 17 heavy (non-hydrogen) atoms. The molecule has 4 heteroatoms. The van der Waals surface area contributed by atoms with E-state index in [9.17, 15) is 9.90 Å². The van der Waals surface area contributed by atoms with Crippen LogP contribution in [0, 0.1) is 0 Å². The summed E-state index contributed by atoms with van der Waals surface area (Å²) in [7, 11) is 0. The van der Waals surface area contributed by atoms with Crippen molar-refractivity contribution in [3.8, 4) is 0 Å². The van der Waals surface area contributed by atoms with Crippen molar-refractivity contribution in [1.82, 2.24) is 5.32 Å². The normalized spacial score (nSPS) is 11.5. The monoisotopic (exact) mass is 255 g/mol. The minimum atomic E-state index is -0.438. The second-order valence-corrected chi connectivity index (χ2v) is 5.31. The van der Waals surface area contributed by atoms with Crippen molar-refractivity contribution in [2.45, 2.75) is 45.1 Å². The van der Waals surface area contributed by atoms with E-state index in [1.165, 1.54) is 4.88 Å². The van der Waals surface area contributed by atoms with Crippen molar-refractivity contribution in [2.24, 2.45) is 0 Å². The number of aliphatic hydroxyl groups excluding tert-OH is 1. The highest BCUT2D eigenvalue weighted by Gasteiger charge is 2.26. The predicted molar refractivity (Wildman–Crippen MR) is 71.2 cm³/mol. The van der Waals surface area contributed by atoms with E-state index in [1.54, 1.807) is 11.3 Å². The molecule has 1 aromatic rings. The van der Waals surface area contributed by atoms with Gasteiger partial charge in [0.15, 0.2) is 0 Å². The van der Waals surface area contributed by atoms with Gasteiger partial charge in [-0.3, -0.25) is 4.79 Å². The summed E-state index contributed by atoms with van der Waals surface area (Å²) < 4.78 is 0. The Balaban J connectivity index is 2.42. The van der Waals surface area contributed by atoms with Crippen LogP contribution in [0.25, 0.3) is 0 Å². The second-order valence-electron chi connectivity index (χ2n) is 4.27. The zero-order valence-corrected chi connectivity index (χ0v) is 11.3. The van der Waals surface area contributed by atoms with Gasteiger partial charge in [0.25, 0.3) is 0 Å². The highest BCUT2D eigenvalue weighted by molar-refractivity contribution is 7.09. The average molecular weight is 255 g/mol. The minimum Gasteiger partial charge on any atom is -0.394 e. The van der Waals surface area contributed by atoms with E-state index in [1.807, 2.05) is 31.4 Å². The molecule has 96 valence electrons. The van der Waals surface area contributed by atoms with Gasteiger partial charge in [0.1, 0.15) is 0 Å². The van der Waals surface area contributed by atoms with Crippen LogP contribution in [-0.2, 0) is 11.2 Å². The van der Waals surface area contributed by atoms with Gasteiger partial charge >= 0.3 is 0 Å². The lowest BCUT2D eigenvalue weighted by Gasteiger charge is -2.30. The van der Waals surface area contributed by atoms with Crippen molar-refractivity contribution >= 4 is 17.2 Å².